The van der Waals surface area contributed by atoms with Gasteiger partial charge in [-0.15, -0.1) is 0 Å². The summed E-state index contributed by atoms with van der Waals surface area (Å²) in [4.78, 5) is 13.5. The molecule has 0 bridgehead atoms. The van der Waals surface area contributed by atoms with Crippen molar-refractivity contribution in [3.63, 3.8) is 0 Å². The Bertz CT molecular complexity index is 217. The molecule has 3 heteroatoms. The van der Waals surface area contributed by atoms with Crippen LogP contribution >= 0.6 is 0 Å². The Morgan fingerprint density at radius 1 is 1.75 bits per heavy atom. The van der Waals surface area contributed by atoms with Gasteiger partial charge in [0.2, 0.25) is 5.91 Å². The number of rotatable bonds is 1. The van der Waals surface area contributed by atoms with E-state index in [1.165, 1.54) is 0 Å². The van der Waals surface area contributed by atoms with Crippen molar-refractivity contribution >= 4 is 5.91 Å². The molecule has 2 aliphatic heterocycles. The normalized spacial score (nSPS) is 40.7. The van der Waals surface area contributed by atoms with Gasteiger partial charge in [-0.3, -0.25) is 4.79 Å². The van der Waals surface area contributed by atoms with Crippen molar-refractivity contribution in [2.75, 3.05) is 26.7 Å². The van der Waals surface area contributed by atoms with Crippen LogP contribution in [0.25, 0.3) is 0 Å². The van der Waals surface area contributed by atoms with Gasteiger partial charge in [0.05, 0.1) is 5.92 Å². The Morgan fingerprint density at radius 2 is 2.50 bits per heavy atom. The number of likely N-dealkylation sites (tertiary alicyclic amines) is 1. The third kappa shape index (κ3) is 0.829. The number of hydrogen-bond acceptors (Lipinski definition) is 2. The summed E-state index contributed by atoms with van der Waals surface area (Å²) in [5, 5.41) is 3.32. The van der Waals surface area contributed by atoms with E-state index < -0.39 is 0 Å². The van der Waals surface area contributed by atoms with Gasteiger partial charge in [0.25, 0.3) is 0 Å². The van der Waals surface area contributed by atoms with Crippen LogP contribution in [0.1, 0.15) is 13.3 Å². The number of carbonyl (C=O) groups excluding carboxylic acids is 1. The van der Waals surface area contributed by atoms with Gasteiger partial charge < -0.3 is 10.2 Å². The lowest BCUT2D eigenvalue weighted by molar-refractivity contribution is -0.129. The Hall–Kier alpha value is -0.570. The second-order valence-corrected chi connectivity index (χ2v) is 4.09. The minimum Gasteiger partial charge on any atom is -0.345 e. The Balaban J connectivity index is 2.27. The van der Waals surface area contributed by atoms with Crippen molar-refractivity contribution in [2.24, 2.45) is 11.3 Å². The van der Waals surface area contributed by atoms with Crippen LogP contribution in [0, 0.1) is 11.3 Å². The molecule has 2 aliphatic rings. The van der Waals surface area contributed by atoms with E-state index in [4.69, 9.17) is 0 Å². The summed E-state index contributed by atoms with van der Waals surface area (Å²) >= 11 is 0. The van der Waals surface area contributed by atoms with E-state index in [9.17, 15) is 4.79 Å². The fourth-order valence-corrected chi connectivity index (χ4v) is 2.62. The smallest absolute Gasteiger partial charge is 0.227 e. The number of carbonyl (C=O) groups is 1. The minimum absolute atomic E-state index is 0.256. The topological polar surface area (TPSA) is 32.3 Å². The van der Waals surface area contributed by atoms with Gasteiger partial charge >= 0.3 is 0 Å². The standard InChI is InChI=1S/C9H16N2O/c1-3-9-5-10-4-7(9)8(12)11(2)6-9/h7,10H,3-6H2,1-2H3. The van der Waals surface area contributed by atoms with Gasteiger partial charge in [-0.2, -0.15) is 0 Å². The van der Waals surface area contributed by atoms with Crippen LogP contribution in [0.15, 0.2) is 0 Å². The first kappa shape index (κ1) is 8.05. The molecule has 68 valence electrons. The largest absolute Gasteiger partial charge is 0.345 e. The molecule has 1 N–H and O–H groups in total. The first-order valence-corrected chi connectivity index (χ1v) is 4.65. The molecule has 0 aromatic carbocycles. The summed E-state index contributed by atoms with van der Waals surface area (Å²) in [6.07, 6.45) is 1.11. The second kappa shape index (κ2) is 2.46. The molecule has 0 spiro atoms. The highest BCUT2D eigenvalue weighted by atomic mass is 16.2. The van der Waals surface area contributed by atoms with Crippen molar-refractivity contribution in [2.45, 2.75) is 13.3 Å². The summed E-state index contributed by atoms with van der Waals surface area (Å²) in [5.74, 6) is 0.592. The van der Waals surface area contributed by atoms with E-state index >= 15 is 0 Å². The molecule has 0 aromatic heterocycles. The van der Waals surface area contributed by atoms with Gasteiger partial charge in [-0.05, 0) is 6.42 Å². The summed E-state index contributed by atoms with van der Waals surface area (Å²) in [6.45, 7) is 5.04. The van der Waals surface area contributed by atoms with Crippen LogP contribution in [-0.2, 0) is 4.79 Å². The summed E-state index contributed by atoms with van der Waals surface area (Å²) in [5.41, 5.74) is 0.256. The Kier molecular flexibility index (Phi) is 1.65. The molecule has 3 nitrogen and oxygen atoms in total. The number of amides is 1. The monoisotopic (exact) mass is 168 g/mol. The van der Waals surface area contributed by atoms with Gasteiger partial charge in [0.1, 0.15) is 0 Å². The zero-order chi connectivity index (χ0) is 8.77. The van der Waals surface area contributed by atoms with E-state index in [2.05, 4.69) is 12.2 Å². The maximum absolute atomic E-state index is 11.6. The lowest BCUT2D eigenvalue weighted by atomic mass is 9.78. The fraction of sp³-hybridized carbons (Fsp3) is 0.889. The summed E-state index contributed by atoms with van der Waals surface area (Å²) in [6, 6.07) is 0. The van der Waals surface area contributed by atoms with Crippen molar-refractivity contribution in [3.8, 4) is 0 Å². The van der Waals surface area contributed by atoms with E-state index in [1.807, 2.05) is 11.9 Å². The molecule has 1 amide bonds. The third-order valence-corrected chi connectivity index (χ3v) is 3.50. The lowest BCUT2D eigenvalue weighted by Gasteiger charge is -2.24. The van der Waals surface area contributed by atoms with Gasteiger partial charge in [-0.25, -0.2) is 0 Å². The third-order valence-electron chi connectivity index (χ3n) is 3.50. The van der Waals surface area contributed by atoms with Crippen molar-refractivity contribution in [1.29, 1.82) is 0 Å². The molecule has 0 aromatic rings. The van der Waals surface area contributed by atoms with Crippen molar-refractivity contribution < 1.29 is 4.79 Å². The van der Waals surface area contributed by atoms with Crippen molar-refractivity contribution in [1.82, 2.24) is 10.2 Å². The maximum atomic E-state index is 11.6. The molecule has 2 fully saturated rings. The van der Waals surface area contributed by atoms with Crippen LogP contribution in [0.2, 0.25) is 0 Å². The predicted octanol–water partition coefficient (Wildman–Crippen LogP) is 0.0742. The summed E-state index contributed by atoms with van der Waals surface area (Å²) < 4.78 is 0. The second-order valence-electron chi connectivity index (χ2n) is 4.09. The molecule has 2 unspecified atom stereocenters. The fourth-order valence-electron chi connectivity index (χ4n) is 2.62. The van der Waals surface area contributed by atoms with Gasteiger partial charge in [0, 0.05) is 32.1 Å². The Morgan fingerprint density at radius 3 is 3.08 bits per heavy atom. The van der Waals surface area contributed by atoms with Crippen LogP contribution in [-0.4, -0.2) is 37.5 Å². The van der Waals surface area contributed by atoms with Crippen LogP contribution in [0.4, 0.5) is 0 Å². The molecule has 2 heterocycles. The van der Waals surface area contributed by atoms with Gasteiger partial charge in [0.15, 0.2) is 0 Å². The average molecular weight is 168 g/mol. The van der Waals surface area contributed by atoms with Crippen LogP contribution in [0.5, 0.6) is 0 Å². The van der Waals surface area contributed by atoms with E-state index in [1.54, 1.807) is 0 Å². The highest BCUT2D eigenvalue weighted by Gasteiger charge is 2.52. The first-order valence-electron chi connectivity index (χ1n) is 4.65. The minimum atomic E-state index is 0.256. The zero-order valence-corrected chi connectivity index (χ0v) is 7.76. The van der Waals surface area contributed by atoms with E-state index in [0.29, 0.717) is 5.91 Å². The van der Waals surface area contributed by atoms with Crippen molar-refractivity contribution in [3.05, 3.63) is 0 Å². The van der Waals surface area contributed by atoms with Crippen LogP contribution < -0.4 is 5.32 Å². The number of fused-ring (bicyclic) bond motifs is 1. The number of nitrogens with zero attached hydrogens (tertiary/aromatic N) is 1. The Labute approximate surface area is 73.1 Å². The molecule has 0 radical (unpaired) electrons. The van der Waals surface area contributed by atoms with Crippen LogP contribution in [0.3, 0.4) is 0 Å². The molecular formula is C9H16N2O. The molecule has 12 heavy (non-hydrogen) atoms. The van der Waals surface area contributed by atoms with E-state index in [0.717, 1.165) is 26.1 Å². The molecule has 0 saturated carbocycles. The maximum Gasteiger partial charge on any atom is 0.227 e. The highest BCUT2D eigenvalue weighted by molar-refractivity contribution is 5.82. The van der Waals surface area contributed by atoms with Gasteiger partial charge in [-0.1, -0.05) is 6.92 Å². The quantitative estimate of drug-likeness (QED) is 0.601. The lowest BCUT2D eigenvalue weighted by Crippen LogP contribution is -2.30. The SMILES string of the molecule is CCC12CNCC1C(=O)N(C)C2. The molecule has 0 aliphatic carbocycles. The average Bonchev–Trinajstić information content (AvgIpc) is 2.55. The predicted molar refractivity (Wildman–Crippen MR) is 46.7 cm³/mol. The first-order chi connectivity index (χ1) is 5.69. The summed E-state index contributed by atoms with van der Waals surface area (Å²) in [7, 11) is 1.91. The molecule has 2 saturated heterocycles. The van der Waals surface area contributed by atoms with E-state index in [-0.39, 0.29) is 11.3 Å². The zero-order valence-electron chi connectivity index (χ0n) is 7.76. The number of nitrogens with one attached hydrogen (secondary N) is 1. The molecular weight excluding hydrogens is 152 g/mol. The molecule has 2 rings (SSSR count). The molecule has 2 atom stereocenters. The number of hydrogen-bond donors (Lipinski definition) is 1. The highest BCUT2D eigenvalue weighted by Crippen LogP contribution is 2.41.